The summed E-state index contributed by atoms with van der Waals surface area (Å²) in [5.41, 5.74) is 18.3. The van der Waals surface area contributed by atoms with Crippen molar-refractivity contribution in [1.29, 1.82) is 0 Å². The molecular formula is C38H59N7O8. The molecule has 0 saturated heterocycles. The Morgan fingerprint density at radius 2 is 1.45 bits per heavy atom. The Balaban J connectivity index is 0.00000313. The number of likely N-dealkylation sites (N-methyl/N-ethyl adjacent to an activating group) is 1. The number of amides is 4. The number of aliphatic carboxylic acids is 1. The number of fused-ring (bicyclic) bond motifs is 5. The lowest BCUT2D eigenvalue weighted by molar-refractivity contribution is -0.143. The van der Waals surface area contributed by atoms with Crippen LogP contribution in [0.15, 0.2) is 36.4 Å². The third kappa shape index (κ3) is 14.3. The van der Waals surface area contributed by atoms with E-state index < -0.39 is 41.8 Å². The van der Waals surface area contributed by atoms with Crippen molar-refractivity contribution in [3.05, 3.63) is 47.5 Å². The van der Waals surface area contributed by atoms with Crippen LogP contribution in [0.2, 0.25) is 0 Å². The molecule has 1 aliphatic heterocycles. The summed E-state index contributed by atoms with van der Waals surface area (Å²) in [5, 5.41) is 17.8. The van der Waals surface area contributed by atoms with Gasteiger partial charge in [-0.3, -0.25) is 19.2 Å². The van der Waals surface area contributed by atoms with Crippen LogP contribution in [-0.4, -0.2) is 98.1 Å². The van der Waals surface area contributed by atoms with Crippen LogP contribution in [0, 0.1) is 0 Å². The van der Waals surface area contributed by atoms with Gasteiger partial charge in [-0.15, -0.1) is 0 Å². The van der Waals surface area contributed by atoms with E-state index in [0.717, 1.165) is 38.6 Å². The molecule has 2 unspecified atom stereocenters. The maximum atomic E-state index is 14.0. The van der Waals surface area contributed by atoms with Crippen molar-refractivity contribution in [2.75, 3.05) is 46.4 Å². The van der Waals surface area contributed by atoms with E-state index in [1.165, 1.54) is 18.9 Å². The largest absolute Gasteiger partial charge is 0.492 e. The first-order valence-electron chi connectivity index (χ1n) is 18.4. The van der Waals surface area contributed by atoms with Crippen molar-refractivity contribution in [2.24, 2.45) is 17.2 Å². The van der Waals surface area contributed by atoms with Crippen LogP contribution in [0.4, 0.5) is 0 Å². The van der Waals surface area contributed by atoms with E-state index in [2.05, 4.69) is 22.9 Å². The van der Waals surface area contributed by atoms with E-state index in [4.69, 9.17) is 26.7 Å². The summed E-state index contributed by atoms with van der Waals surface area (Å²) in [6, 6.07) is 6.39. The molecule has 1 aliphatic rings. The molecule has 0 radical (unpaired) electrons. The zero-order valence-electron chi connectivity index (χ0n) is 31.6. The highest BCUT2D eigenvalue weighted by Gasteiger charge is 2.33. The molecule has 0 aromatic heterocycles. The van der Waals surface area contributed by atoms with Gasteiger partial charge in [0.25, 0.3) is 0 Å². The monoisotopic (exact) mass is 741 g/mol. The Hall–Kier alpha value is -4.73. The van der Waals surface area contributed by atoms with Crippen molar-refractivity contribution in [3.63, 3.8) is 0 Å². The quantitative estimate of drug-likeness (QED) is 0.116. The number of hydrogen-bond donors (Lipinski definition) is 7. The van der Waals surface area contributed by atoms with Gasteiger partial charge in [-0.1, -0.05) is 58.1 Å². The highest BCUT2D eigenvalue weighted by atomic mass is 16.5. The van der Waals surface area contributed by atoms with E-state index in [-0.39, 0.29) is 51.6 Å². The number of carbonyl (C=O) groups is 5. The summed E-state index contributed by atoms with van der Waals surface area (Å²) in [4.78, 5) is 66.6. The lowest BCUT2D eigenvalue weighted by Crippen LogP contribution is -2.53. The minimum atomic E-state index is -1.31. The lowest BCUT2D eigenvalue weighted by atomic mass is 9.93. The van der Waals surface area contributed by atoms with E-state index >= 15 is 0 Å². The molecule has 0 saturated carbocycles. The smallest absolute Gasteiger partial charge is 0.326 e. The molecular weight excluding hydrogens is 682 g/mol. The van der Waals surface area contributed by atoms with Crippen LogP contribution in [0.1, 0.15) is 82.9 Å². The average Bonchev–Trinajstić information content (AvgIpc) is 3.13. The maximum Gasteiger partial charge on any atom is 0.326 e. The number of rotatable bonds is 17. The molecule has 4 amide bonds. The van der Waals surface area contributed by atoms with Gasteiger partial charge < -0.3 is 52.6 Å². The third-order valence-electron chi connectivity index (χ3n) is 8.43. The number of ether oxygens (including phenoxy) is 2. The Labute approximate surface area is 312 Å². The Kier molecular flexibility index (Phi) is 19.9. The predicted molar refractivity (Wildman–Crippen MR) is 203 cm³/mol. The highest BCUT2D eigenvalue weighted by molar-refractivity contribution is 5.95. The number of carboxylic acid groups (broad SMARTS) is 1. The number of benzene rings is 2. The second kappa shape index (κ2) is 23.8. The molecule has 4 bridgehead atoms. The van der Waals surface area contributed by atoms with Crippen LogP contribution in [0.25, 0.3) is 11.1 Å². The number of nitrogens with one attached hydrogen (secondary N) is 3. The van der Waals surface area contributed by atoms with Gasteiger partial charge in [0.05, 0.1) is 6.54 Å². The van der Waals surface area contributed by atoms with Crippen molar-refractivity contribution in [3.8, 4) is 22.6 Å². The zero-order chi connectivity index (χ0) is 39.3. The Morgan fingerprint density at radius 3 is 2.06 bits per heavy atom. The van der Waals surface area contributed by atoms with Gasteiger partial charge in [-0.05, 0) is 55.3 Å². The first-order valence-corrected chi connectivity index (χ1v) is 18.4. The van der Waals surface area contributed by atoms with Gasteiger partial charge in [-0.25, -0.2) is 4.79 Å². The van der Waals surface area contributed by atoms with Crippen LogP contribution >= 0.6 is 0 Å². The molecule has 2 aromatic carbocycles. The standard InChI is InChI=1S/C36H52N6O8.C2H7N/c1-4-5-6-7-8-9-10-31(43)39-22-32(44)42(3)33-25-12-14-30(50-18-16-38)27(21-25)26-19-24(11-13-29(26)49-17-15-37)20-28(36(47)48)41-34(45)23(2)40-35(33)46;1-2-3/h11-14,19,21,23,28,33H,4-10,15-18,20,22,37-38H2,1-3H3,(H,39,43)(H,40,46)(H,41,45)(H,47,48);2-3H2,1H3/t23-,28?,33?;/m0./s1. The molecule has 1 heterocycles. The summed E-state index contributed by atoms with van der Waals surface area (Å²) < 4.78 is 12.0. The molecule has 2 aromatic rings. The fourth-order valence-corrected chi connectivity index (χ4v) is 5.67. The molecule has 10 N–H and O–H groups in total. The second-order valence-corrected chi connectivity index (χ2v) is 12.8. The normalized spacial score (nSPS) is 16.8. The van der Waals surface area contributed by atoms with Crippen molar-refractivity contribution in [2.45, 2.75) is 90.3 Å². The number of carbonyl (C=O) groups excluding carboxylic acids is 4. The molecule has 3 rings (SSSR count). The first kappa shape index (κ1) is 44.4. The van der Waals surface area contributed by atoms with Crippen LogP contribution in [0.5, 0.6) is 11.5 Å². The molecule has 0 aliphatic carbocycles. The number of carboxylic acids is 1. The number of nitrogens with zero attached hydrogens (tertiary/aromatic N) is 1. The van der Waals surface area contributed by atoms with Gasteiger partial charge >= 0.3 is 5.97 Å². The van der Waals surface area contributed by atoms with Gasteiger partial charge in [-0.2, -0.15) is 0 Å². The summed E-state index contributed by atoms with van der Waals surface area (Å²) in [7, 11) is 1.44. The van der Waals surface area contributed by atoms with E-state index in [0.29, 0.717) is 40.2 Å². The van der Waals surface area contributed by atoms with Crippen LogP contribution < -0.4 is 42.6 Å². The predicted octanol–water partition coefficient (Wildman–Crippen LogP) is 1.99. The van der Waals surface area contributed by atoms with Gasteiger partial charge in [0.15, 0.2) is 0 Å². The third-order valence-corrected chi connectivity index (χ3v) is 8.43. The number of hydrogen-bond acceptors (Lipinski definition) is 10. The fraction of sp³-hybridized carbons (Fsp3) is 0.553. The van der Waals surface area contributed by atoms with E-state index in [9.17, 15) is 29.1 Å². The van der Waals surface area contributed by atoms with Crippen molar-refractivity contribution < 1.29 is 38.6 Å². The molecule has 15 heteroatoms. The van der Waals surface area contributed by atoms with Gasteiger partial charge in [0, 0.05) is 44.1 Å². The maximum absolute atomic E-state index is 14.0. The number of nitrogens with two attached hydrogens (primary N) is 3. The summed E-state index contributed by atoms with van der Waals surface area (Å²) in [6.07, 6.45) is 6.35. The summed E-state index contributed by atoms with van der Waals surface area (Å²) >= 11 is 0. The van der Waals surface area contributed by atoms with Gasteiger partial charge in [0.1, 0.15) is 42.8 Å². The molecule has 0 fully saturated rings. The van der Waals surface area contributed by atoms with Crippen LogP contribution in [0.3, 0.4) is 0 Å². The molecule has 15 nitrogen and oxygen atoms in total. The van der Waals surface area contributed by atoms with E-state index in [1.807, 2.05) is 6.92 Å². The van der Waals surface area contributed by atoms with Crippen molar-refractivity contribution >= 4 is 29.6 Å². The highest BCUT2D eigenvalue weighted by Crippen LogP contribution is 2.40. The van der Waals surface area contributed by atoms with Crippen LogP contribution in [-0.2, 0) is 30.4 Å². The average molecular weight is 742 g/mol. The SMILES string of the molecule is CCCCCCCCC(=O)NCC(=O)N(C)C1C(=O)N[C@@H](C)C(=O)NC(C(=O)O)Cc2ccc(OCCN)c(c2)-c2cc1ccc2OCCN.CCN. The van der Waals surface area contributed by atoms with E-state index in [1.54, 1.807) is 36.4 Å². The molecule has 53 heavy (non-hydrogen) atoms. The minimum Gasteiger partial charge on any atom is -0.492 e. The topological polar surface area (TPSA) is 241 Å². The van der Waals surface area contributed by atoms with Crippen molar-refractivity contribution in [1.82, 2.24) is 20.9 Å². The minimum absolute atomic E-state index is 0.0605. The molecule has 0 spiro atoms. The first-order chi connectivity index (χ1) is 25.4. The Bertz CT molecular complexity index is 1500. The molecule has 3 atom stereocenters. The Morgan fingerprint density at radius 1 is 0.868 bits per heavy atom. The number of unbranched alkanes of at least 4 members (excludes halogenated alkanes) is 5. The molecule has 294 valence electrons. The lowest BCUT2D eigenvalue weighted by Gasteiger charge is -2.30. The second-order valence-electron chi connectivity index (χ2n) is 12.8. The van der Waals surface area contributed by atoms with Gasteiger partial charge in [0.2, 0.25) is 23.6 Å². The fourth-order valence-electron chi connectivity index (χ4n) is 5.67. The summed E-state index contributed by atoms with van der Waals surface area (Å²) in [5.74, 6) is -2.64. The summed E-state index contributed by atoms with van der Waals surface area (Å²) in [6.45, 7) is 6.70. The zero-order valence-corrected chi connectivity index (χ0v) is 31.6.